The predicted molar refractivity (Wildman–Crippen MR) is 70.5 cm³/mol. The molecule has 2 rings (SSSR count). The largest absolute Gasteiger partial charge is 0.480 e. The van der Waals surface area contributed by atoms with E-state index in [2.05, 4.69) is 36.1 Å². The maximum absolute atomic E-state index is 10.9. The number of nitrogens with zero attached hydrogens (tertiary/aromatic N) is 1. The second kappa shape index (κ2) is 5.56. The molecular weight excluding hydrogens is 234 g/mol. The molecule has 0 radical (unpaired) electrons. The third kappa shape index (κ3) is 3.23. The molecule has 1 N–H and O–H groups in total. The number of thioether (sulfide) groups is 1. The number of hydrogen-bond donors (Lipinski definition) is 1. The Morgan fingerprint density at radius 1 is 1.47 bits per heavy atom. The van der Waals surface area contributed by atoms with E-state index < -0.39 is 5.97 Å². The second-order valence-corrected chi connectivity index (χ2v) is 5.52. The predicted octanol–water partition coefficient (Wildman–Crippen LogP) is 2.17. The molecule has 1 unspecified atom stereocenters. The molecule has 17 heavy (non-hydrogen) atoms. The molecule has 0 spiro atoms. The number of carboxylic acids is 1. The van der Waals surface area contributed by atoms with Gasteiger partial charge in [0, 0.05) is 24.1 Å². The van der Waals surface area contributed by atoms with Gasteiger partial charge in [-0.15, -0.1) is 0 Å². The van der Waals surface area contributed by atoms with E-state index in [0.717, 1.165) is 18.1 Å². The summed E-state index contributed by atoms with van der Waals surface area (Å²) in [5.41, 5.74) is 2.46. The van der Waals surface area contributed by atoms with Gasteiger partial charge in [0.1, 0.15) is 0 Å². The lowest BCUT2D eigenvalue weighted by molar-refractivity contribution is -0.138. The van der Waals surface area contributed by atoms with Crippen molar-refractivity contribution in [2.75, 3.05) is 24.6 Å². The van der Waals surface area contributed by atoms with Crippen molar-refractivity contribution in [3.05, 3.63) is 35.4 Å². The first-order valence-corrected chi connectivity index (χ1v) is 6.92. The summed E-state index contributed by atoms with van der Waals surface area (Å²) in [6.07, 6.45) is 0. The number of benzene rings is 1. The highest BCUT2D eigenvalue weighted by molar-refractivity contribution is 7.99. The van der Waals surface area contributed by atoms with Crippen LogP contribution in [-0.2, 0) is 4.79 Å². The molecule has 92 valence electrons. The van der Waals surface area contributed by atoms with Gasteiger partial charge in [-0.25, -0.2) is 0 Å². The van der Waals surface area contributed by atoms with Gasteiger partial charge in [0.2, 0.25) is 0 Å². The van der Waals surface area contributed by atoms with Crippen LogP contribution in [0.1, 0.15) is 17.2 Å². The Morgan fingerprint density at radius 3 is 2.82 bits per heavy atom. The fraction of sp³-hybridized carbons (Fsp3) is 0.462. The van der Waals surface area contributed by atoms with Gasteiger partial charge in [0.25, 0.3) is 0 Å². The van der Waals surface area contributed by atoms with Crippen LogP contribution in [0.25, 0.3) is 0 Å². The summed E-state index contributed by atoms with van der Waals surface area (Å²) in [7, 11) is 0. The molecular formula is C13H17NO2S. The summed E-state index contributed by atoms with van der Waals surface area (Å²) in [6.45, 7) is 3.06. The Balaban J connectivity index is 2.15. The van der Waals surface area contributed by atoms with Gasteiger partial charge in [0.05, 0.1) is 6.54 Å². The summed E-state index contributed by atoms with van der Waals surface area (Å²) in [5.74, 6) is 1.26. The fourth-order valence-corrected chi connectivity index (χ4v) is 3.25. The van der Waals surface area contributed by atoms with Crippen molar-refractivity contribution in [3.63, 3.8) is 0 Å². The van der Waals surface area contributed by atoms with E-state index in [1.54, 1.807) is 0 Å². The Labute approximate surface area is 106 Å². The number of aryl methyl sites for hydroxylation is 1. The Bertz CT molecular complexity index is 391. The van der Waals surface area contributed by atoms with Crippen LogP contribution in [-0.4, -0.2) is 40.6 Å². The molecule has 0 aromatic heterocycles. The molecule has 1 saturated heterocycles. The number of hydrogen-bond acceptors (Lipinski definition) is 3. The fourth-order valence-electron chi connectivity index (χ4n) is 2.10. The van der Waals surface area contributed by atoms with Crippen molar-refractivity contribution < 1.29 is 9.90 Å². The van der Waals surface area contributed by atoms with Crippen LogP contribution >= 0.6 is 11.8 Å². The number of aliphatic carboxylic acids is 1. The highest BCUT2D eigenvalue weighted by Crippen LogP contribution is 2.29. The number of carbonyl (C=O) groups is 1. The molecule has 0 amide bonds. The van der Waals surface area contributed by atoms with Crippen LogP contribution < -0.4 is 0 Å². The Morgan fingerprint density at radius 2 is 2.18 bits per heavy atom. The molecule has 1 heterocycles. The molecule has 3 nitrogen and oxygen atoms in total. The first-order chi connectivity index (χ1) is 8.16. The van der Waals surface area contributed by atoms with Gasteiger partial charge in [0.15, 0.2) is 0 Å². The molecule has 4 heteroatoms. The average molecular weight is 251 g/mol. The van der Waals surface area contributed by atoms with Crippen molar-refractivity contribution >= 4 is 17.7 Å². The standard InChI is InChI=1S/C13H17NO2S/c1-10-2-4-11(5-3-10)12-9-17-7-6-14(12)8-13(15)16/h2-5,12H,6-9H2,1H3,(H,15,16). The molecule has 1 aliphatic rings. The zero-order chi connectivity index (χ0) is 12.3. The van der Waals surface area contributed by atoms with Crippen LogP contribution in [0.5, 0.6) is 0 Å². The molecule has 1 atom stereocenters. The zero-order valence-electron chi connectivity index (χ0n) is 9.93. The van der Waals surface area contributed by atoms with Crippen LogP contribution in [0.2, 0.25) is 0 Å². The minimum atomic E-state index is -0.742. The minimum absolute atomic E-state index is 0.138. The van der Waals surface area contributed by atoms with Gasteiger partial charge in [-0.2, -0.15) is 11.8 Å². The summed E-state index contributed by atoms with van der Waals surface area (Å²) >= 11 is 1.90. The minimum Gasteiger partial charge on any atom is -0.480 e. The van der Waals surface area contributed by atoms with Gasteiger partial charge in [-0.3, -0.25) is 9.69 Å². The first-order valence-electron chi connectivity index (χ1n) is 5.77. The smallest absolute Gasteiger partial charge is 0.317 e. The SMILES string of the molecule is Cc1ccc(C2CSCCN2CC(=O)O)cc1. The average Bonchev–Trinajstić information content (AvgIpc) is 2.30. The molecule has 1 aromatic rings. The third-order valence-corrected chi connectivity index (χ3v) is 4.06. The quantitative estimate of drug-likeness (QED) is 0.894. The van der Waals surface area contributed by atoms with Crippen LogP contribution in [0.4, 0.5) is 0 Å². The van der Waals surface area contributed by atoms with E-state index in [1.807, 2.05) is 11.8 Å². The van der Waals surface area contributed by atoms with Gasteiger partial charge < -0.3 is 5.11 Å². The van der Waals surface area contributed by atoms with E-state index in [4.69, 9.17) is 5.11 Å². The topological polar surface area (TPSA) is 40.5 Å². The number of carboxylic acid groups (broad SMARTS) is 1. The van der Waals surface area contributed by atoms with Crippen molar-refractivity contribution in [1.82, 2.24) is 4.90 Å². The second-order valence-electron chi connectivity index (χ2n) is 4.37. The Hall–Kier alpha value is -1.00. The molecule has 1 fully saturated rings. The maximum atomic E-state index is 10.9. The highest BCUT2D eigenvalue weighted by Gasteiger charge is 2.25. The van der Waals surface area contributed by atoms with E-state index in [1.165, 1.54) is 11.1 Å². The first kappa shape index (κ1) is 12.5. The monoisotopic (exact) mass is 251 g/mol. The summed E-state index contributed by atoms with van der Waals surface area (Å²) in [5, 5.41) is 8.93. The summed E-state index contributed by atoms with van der Waals surface area (Å²) in [4.78, 5) is 12.9. The summed E-state index contributed by atoms with van der Waals surface area (Å²) < 4.78 is 0. The van der Waals surface area contributed by atoms with Crippen molar-refractivity contribution in [2.24, 2.45) is 0 Å². The van der Waals surface area contributed by atoms with Gasteiger partial charge >= 0.3 is 5.97 Å². The maximum Gasteiger partial charge on any atom is 0.317 e. The van der Waals surface area contributed by atoms with E-state index in [9.17, 15) is 4.79 Å². The third-order valence-electron chi connectivity index (χ3n) is 3.04. The van der Waals surface area contributed by atoms with Crippen LogP contribution in [0.3, 0.4) is 0 Å². The van der Waals surface area contributed by atoms with Crippen molar-refractivity contribution in [2.45, 2.75) is 13.0 Å². The van der Waals surface area contributed by atoms with Crippen molar-refractivity contribution in [1.29, 1.82) is 0 Å². The van der Waals surface area contributed by atoms with Crippen molar-refractivity contribution in [3.8, 4) is 0 Å². The van der Waals surface area contributed by atoms with E-state index in [-0.39, 0.29) is 12.6 Å². The summed E-state index contributed by atoms with van der Waals surface area (Å²) in [6, 6.07) is 8.65. The molecule has 1 aliphatic heterocycles. The van der Waals surface area contributed by atoms with Crippen LogP contribution in [0.15, 0.2) is 24.3 Å². The van der Waals surface area contributed by atoms with E-state index in [0.29, 0.717) is 0 Å². The molecule has 0 bridgehead atoms. The lowest BCUT2D eigenvalue weighted by Crippen LogP contribution is -2.39. The van der Waals surface area contributed by atoms with Gasteiger partial charge in [-0.1, -0.05) is 29.8 Å². The Kier molecular flexibility index (Phi) is 4.07. The highest BCUT2D eigenvalue weighted by atomic mass is 32.2. The lowest BCUT2D eigenvalue weighted by Gasteiger charge is -2.34. The van der Waals surface area contributed by atoms with E-state index >= 15 is 0 Å². The number of rotatable bonds is 3. The zero-order valence-corrected chi connectivity index (χ0v) is 10.7. The normalized spacial score (nSPS) is 21.4. The van der Waals surface area contributed by atoms with Crippen LogP contribution in [0, 0.1) is 6.92 Å². The lowest BCUT2D eigenvalue weighted by atomic mass is 10.0. The molecule has 0 saturated carbocycles. The molecule has 1 aromatic carbocycles. The van der Waals surface area contributed by atoms with Gasteiger partial charge in [-0.05, 0) is 12.5 Å². The molecule has 0 aliphatic carbocycles.